The summed E-state index contributed by atoms with van der Waals surface area (Å²) >= 11 is 0. The molecule has 0 saturated carbocycles. The predicted molar refractivity (Wildman–Crippen MR) is 135 cm³/mol. The first-order chi connectivity index (χ1) is 17.4. The maximum absolute atomic E-state index is 14.9. The van der Waals surface area contributed by atoms with Gasteiger partial charge in [-0.2, -0.15) is 0 Å². The number of carbonyl (C=O) groups is 1. The first kappa shape index (κ1) is 23.9. The molecule has 3 aromatic rings. The predicted octanol–water partition coefficient (Wildman–Crippen LogP) is 5.21. The molecule has 2 aromatic carbocycles. The van der Waals surface area contributed by atoms with E-state index in [4.69, 9.17) is 0 Å². The smallest absolute Gasteiger partial charge is 0.270 e. The summed E-state index contributed by atoms with van der Waals surface area (Å²) in [6.07, 6.45) is 5.86. The van der Waals surface area contributed by atoms with Gasteiger partial charge in [0, 0.05) is 43.9 Å². The number of piperidine rings is 1. The number of halogens is 1. The summed E-state index contributed by atoms with van der Waals surface area (Å²) in [4.78, 5) is 26.4. The number of benzene rings is 2. The number of carbonyl (C=O) groups excluding carboxylic acids is 1. The van der Waals surface area contributed by atoms with Crippen molar-refractivity contribution in [3.63, 3.8) is 0 Å². The van der Waals surface area contributed by atoms with Crippen molar-refractivity contribution in [2.45, 2.75) is 52.0 Å². The summed E-state index contributed by atoms with van der Waals surface area (Å²) < 4.78 is 16.8. The second-order valence-electron chi connectivity index (χ2n) is 9.68. The Labute approximate surface area is 208 Å². The van der Waals surface area contributed by atoms with Gasteiger partial charge in [0.15, 0.2) is 5.82 Å². The van der Waals surface area contributed by atoms with Gasteiger partial charge < -0.3 is 14.8 Å². The first-order valence-corrected chi connectivity index (χ1v) is 12.5. The van der Waals surface area contributed by atoms with Crippen LogP contribution in [-0.4, -0.2) is 38.7 Å². The lowest BCUT2D eigenvalue weighted by Crippen LogP contribution is -2.34. The number of nitro groups is 1. The maximum Gasteiger partial charge on any atom is 0.270 e. The van der Waals surface area contributed by atoms with Crippen LogP contribution in [0.5, 0.6) is 0 Å². The number of anilines is 2. The third-order valence-corrected chi connectivity index (χ3v) is 7.13. The molecule has 0 unspecified atom stereocenters. The molecule has 2 aliphatic heterocycles. The van der Waals surface area contributed by atoms with Crippen molar-refractivity contribution in [2.24, 2.45) is 5.92 Å². The normalized spacial score (nSPS) is 16.3. The van der Waals surface area contributed by atoms with Crippen molar-refractivity contribution < 1.29 is 14.1 Å². The Kier molecular flexibility index (Phi) is 6.67. The minimum absolute atomic E-state index is 0.153. The molecule has 0 spiro atoms. The van der Waals surface area contributed by atoms with Crippen molar-refractivity contribution >= 4 is 23.0 Å². The Hall–Kier alpha value is -3.82. The summed E-state index contributed by atoms with van der Waals surface area (Å²) in [7, 11) is 0. The van der Waals surface area contributed by atoms with Gasteiger partial charge >= 0.3 is 0 Å². The van der Waals surface area contributed by atoms with Crippen molar-refractivity contribution in [2.75, 3.05) is 23.3 Å². The van der Waals surface area contributed by atoms with Crippen LogP contribution in [0, 0.1) is 21.8 Å². The fraction of sp³-hybridized carbons (Fsp3) is 0.423. The number of rotatable bonds is 5. The number of nitrogens with one attached hydrogen (secondary N) is 1. The number of hydrogen-bond acceptors (Lipinski definition) is 6. The van der Waals surface area contributed by atoms with E-state index >= 15 is 0 Å². The van der Waals surface area contributed by atoms with Gasteiger partial charge in [0.1, 0.15) is 11.6 Å². The summed E-state index contributed by atoms with van der Waals surface area (Å²) in [6.45, 7) is 4.47. The zero-order valence-electron chi connectivity index (χ0n) is 20.2. The van der Waals surface area contributed by atoms with E-state index in [1.54, 1.807) is 12.1 Å². The number of hydrogen-bond donors (Lipinski definition) is 1. The molecule has 0 bridgehead atoms. The first-order valence-electron chi connectivity index (χ1n) is 12.5. The zero-order valence-corrected chi connectivity index (χ0v) is 20.2. The molecule has 0 aliphatic carbocycles. The lowest BCUT2D eigenvalue weighted by atomic mass is 9.97. The van der Waals surface area contributed by atoms with E-state index in [0.717, 1.165) is 64.0 Å². The standard InChI is InChI=1S/C26H29FN6O3/c1-17-10-13-31(14-11-17)23-9-7-19(33(35)36)16-21(23)26(34)28-18-6-8-22(27)20(15-18)25-30-29-24-5-3-2-4-12-32(24)25/h6-9,15-17H,2-5,10-14H2,1H3,(H,28,34). The van der Waals surface area contributed by atoms with E-state index < -0.39 is 16.6 Å². The van der Waals surface area contributed by atoms with Crippen LogP contribution in [-0.2, 0) is 13.0 Å². The quantitative estimate of drug-likeness (QED) is 0.387. The number of aryl methyl sites for hydroxylation is 1. The van der Waals surface area contributed by atoms with Crippen LogP contribution in [0.1, 0.15) is 55.2 Å². The van der Waals surface area contributed by atoms with Crippen molar-refractivity contribution in [1.29, 1.82) is 0 Å². The molecule has 1 amide bonds. The highest BCUT2D eigenvalue weighted by Gasteiger charge is 2.24. The van der Waals surface area contributed by atoms with Crippen molar-refractivity contribution in [3.8, 4) is 11.4 Å². The summed E-state index contributed by atoms with van der Waals surface area (Å²) in [5.74, 6) is 0.949. The SMILES string of the molecule is CC1CCN(c2ccc([N+](=O)[O-])cc2C(=O)Nc2ccc(F)c(-c3nnc4n3CCCCC4)c2)CC1. The zero-order chi connectivity index (χ0) is 25.2. The number of non-ortho nitro benzene ring substituents is 1. The molecule has 2 aliphatic rings. The Morgan fingerprint density at radius 3 is 2.67 bits per heavy atom. The molecule has 10 heteroatoms. The lowest BCUT2D eigenvalue weighted by molar-refractivity contribution is -0.384. The van der Waals surface area contributed by atoms with Crippen LogP contribution in [0.2, 0.25) is 0 Å². The molecule has 3 heterocycles. The maximum atomic E-state index is 14.9. The highest BCUT2D eigenvalue weighted by molar-refractivity contribution is 6.08. The summed E-state index contributed by atoms with van der Waals surface area (Å²) in [6, 6.07) is 8.71. The van der Waals surface area contributed by atoms with Gasteiger partial charge in [0.2, 0.25) is 0 Å². The third kappa shape index (κ3) is 4.80. The number of aromatic nitrogens is 3. The van der Waals surface area contributed by atoms with Crippen LogP contribution in [0.3, 0.4) is 0 Å². The Bertz CT molecular complexity index is 1300. The molecule has 9 nitrogen and oxygen atoms in total. The fourth-order valence-electron chi connectivity index (χ4n) is 5.00. The van der Waals surface area contributed by atoms with E-state index in [9.17, 15) is 19.3 Å². The number of nitro benzene ring substituents is 1. The van der Waals surface area contributed by atoms with Gasteiger partial charge in [-0.15, -0.1) is 10.2 Å². The van der Waals surface area contributed by atoms with E-state index in [2.05, 4.69) is 27.3 Å². The van der Waals surface area contributed by atoms with Gasteiger partial charge in [0.05, 0.1) is 21.7 Å². The topological polar surface area (TPSA) is 106 Å². The molecule has 1 aromatic heterocycles. The summed E-state index contributed by atoms with van der Waals surface area (Å²) in [5.41, 5.74) is 1.38. The van der Waals surface area contributed by atoms with Gasteiger partial charge in [-0.25, -0.2) is 4.39 Å². The van der Waals surface area contributed by atoms with E-state index in [1.165, 1.54) is 24.3 Å². The van der Waals surface area contributed by atoms with Gasteiger partial charge in [-0.05, 0) is 55.9 Å². The van der Waals surface area contributed by atoms with Crippen LogP contribution in [0.25, 0.3) is 11.4 Å². The molecule has 1 saturated heterocycles. The molecule has 1 fully saturated rings. The van der Waals surface area contributed by atoms with E-state index in [1.807, 2.05) is 4.57 Å². The molecular weight excluding hydrogens is 463 g/mol. The summed E-state index contributed by atoms with van der Waals surface area (Å²) in [5, 5.41) is 22.7. The number of nitrogens with zero attached hydrogens (tertiary/aromatic N) is 5. The minimum Gasteiger partial charge on any atom is -0.371 e. The van der Waals surface area contributed by atoms with Crippen molar-refractivity contribution in [3.05, 3.63) is 63.7 Å². The molecular formula is C26H29FN6O3. The average Bonchev–Trinajstić information content (AvgIpc) is 3.12. The van der Waals surface area contributed by atoms with Crippen LogP contribution < -0.4 is 10.2 Å². The Morgan fingerprint density at radius 1 is 1.08 bits per heavy atom. The van der Waals surface area contributed by atoms with E-state index in [0.29, 0.717) is 23.1 Å². The lowest BCUT2D eigenvalue weighted by Gasteiger charge is -2.33. The highest BCUT2D eigenvalue weighted by Crippen LogP contribution is 2.31. The monoisotopic (exact) mass is 492 g/mol. The molecule has 0 atom stereocenters. The third-order valence-electron chi connectivity index (χ3n) is 7.13. The average molecular weight is 493 g/mol. The van der Waals surface area contributed by atoms with E-state index in [-0.39, 0.29) is 16.8 Å². The molecule has 36 heavy (non-hydrogen) atoms. The molecule has 1 N–H and O–H groups in total. The second-order valence-corrected chi connectivity index (χ2v) is 9.68. The van der Waals surface area contributed by atoms with Crippen LogP contribution in [0.15, 0.2) is 36.4 Å². The number of amides is 1. The van der Waals surface area contributed by atoms with Gasteiger partial charge in [-0.3, -0.25) is 14.9 Å². The second kappa shape index (κ2) is 10.0. The Balaban J connectivity index is 1.45. The largest absolute Gasteiger partial charge is 0.371 e. The van der Waals surface area contributed by atoms with Crippen LogP contribution >= 0.6 is 0 Å². The number of fused-ring (bicyclic) bond motifs is 1. The Morgan fingerprint density at radius 2 is 1.89 bits per heavy atom. The molecule has 0 radical (unpaired) electrons. The highest BCUT2D eigenvalue weighted by atomic mass is 19.1. The van der Waals surface area contributed by atoms with Gasteiger partial charge in [0.25, 0.3) is 11.6 Å². The molecule has 5 rings (SSSR count). The molecule has 188 valence electrons. The fourth-order valence-corrected chi connectivity index (χ4v) is 5.00. The van der Waals surface area contributed by atoms with Crippen LogP contribution in [0.4, 0.5) is 21.5 Å². The van der Waals surface area contributed by atoms with Crippen molar-refractivity contribution in [1.82, 2.24) is 14.8 Å². The minimum atomic E-state index is -0.508. The van der Waals surface area contributed by atoms with Gasteiger partial charge in [-0.1, -0.05) is 13.3 Å².